The van der Waals surface area contributed by atoms with Crippen LogP contribution in [0.3, 0.4) is 0 Å². The first-order chi connectivity index (χ1) is 13.0. The molecule has 2 fully saturated rings. The van der Waals surface area contributed by atoms with Crippen LogP contribution in [0.5, 0.6) is 0 Å². The minimum absolute atomic E-state index is 0.108. The Kier molecular flexibility index (Phi) is 3.89. The lowest BCUT2D eigenvalue weighted by Gasteiger charge is -2.29. The van der Waals surface area contributed by atoms with Gasteiger partial charge in [0.15, 0.2) is 0 Å². The summed E-state index contributed by atoms with van der Waals surface area (Å²) in [6.07, 6.45) is 1.48. The molecule has 5 rings (SSSR count). The van der Waals surface area contributed by atoms with E-state index in [1.807, 2.05) is 42.5 Å². The molecule has 0 unspecified atom stereocenters. The summed E-state index contributed by atoms with van der Waals surface area (Å²) in [5.41, 5.74) is 2.13. The maximum absolute atomic E-state index is 12.5. The van der Waals surface area contributed by atoms with Gasteiger partial charge in [0.1, 0.15) is 5.01 Å². The lowest BCUT2D eigenvalue weighted by atomic mass is 10.1. The number of rotatable bonds is 2. The Balaban J connectivity index is 1.34. The van der Waals surface area contributed by atoms with Crippen molar-refractivity contribution < 1.29 is 9.90 Å². The zero-order chi connectivity index (χ0) is 18.6. The molecule has 5 nitrogen and oxygen atoms in total. The number of hydrogen-bond acceptors (Lipinski definition) is 4. The van der Waals surface area contributed by atoms with E-state index in [-0.39, 0.29) is 11.9 Å². The van der Waals surface area contributed by atoms with Crippen molar-refractivity contribution in [2.24, 2.45) is 5.92 Å². The number of urea groups is 1. The second-order valence-corrected chi connectivity index (χ2v) is 8.81. The molecule has 3 aromatic rings. The van der Waals surface area contributed by atoms with Crippen molar-refractivity contribution in [2.45, 2.75) is 18.4 Å². The Labute approximate surface area is 165 Å². The summed E-state index contributed by atoms with van der Waals surface area (Å²) in [6, 6.07) is 13.3. The third-order valence-corrected chi connectivity index (χ3v) is 6.76. The summed E-state index contributed by atoms with van der Waals surface area (Å²) in [5, 5.41) is 14.7. The van der Waals surface area contributed by atoms with E-state index in [1.54, 1.807) is 16.2 Å². The Bertz CT molecular complexity index is 1050. The van der Waals surface area contributed by atoms with E-state index in [0.717, 1.165) is 32.9 Å². The molecule has 0 radical (unpaired) electrons. The van der Waals surface area contributed by atoms with Crippen LogP contribution in [0.2, 0.25) is 5.02 Å². The zero-order valence-corrected chi connectivity index (χ0v) is 16.1. The van der Waals surface area contributed by atoms with Crippen LogP contribution in [0.25, 0.3) is 20.8 Å². The number of piperidine rings is 1. The molecule has 2 aliphatic rings. The largest absolute Gasteiger partial charge is 0.389 e. The number of nitrogens with zero attached hydrogens (tertiary/aromatic N) is 2. The molecule has 0 spiro atoms. The van der Waals surface area contributed by atoms with Crippen LogP contribution in [-0.2, 0) is 0 Å². The van der Waals surface area contributed by atoms with E-state index in [4.69, 9.17) is 11.6 Å². The molecule has 2 N–H and O–H groups in total. The fraction of sp³-hybridized carbons (Fsp3) is 0.300. The Morgan fingerprint density at radius 1 is 1.33 bits per heavy atom. The van der Waals surface area contributed by atoms with Crippen molar-refractivity contribution in [3.63, 3.8) is 0 Å². The van der Waals surface area contributed by atoms with Gasteiger partial charge in [0.05, 0.1) is 15.8 Å². The third kappa shape index (κ3) is 3.18. The highest BCUT2D eigenvalue weighted by Crippen LogP contribution is 2.49. The number of likely N-dealkylation sites (tertiary alicyclic amines) is 1. The van der Waals surface area contributed by atoms with Crippen LogP contribution in [0.1, 0.15) is 12.8 Å². The van der Waals surface area contributed by atoms with Crippen LogP contribution in [-0.4, -0.2) is 39.7 Å². The van der Waals surface area contributed by atoms with Crippen molar-refractivity contribution in [1.82, 2.24) is 9.88 Å². The molecule has 1 aliphatic carbocycles. The van der Waals surface area contributed by atoms with Gasteiger partial charge in [-0.15, -0.1) is 11.3 Å². The second kappa shape index (κ2) is 6.19. The van der Waals surface area contributed by atoms with E-state index >= 15 is 0 Å². The van der Waals surface area contributed by atoms with Crippen LogP contribution in [0.4, 0.5) is 10.5 Å². The van der Waals surface area contributed by atoms with Crippen molar-refractivity contribution in [1.29, 1.82) is 0 Å². The van der Waals surface area contributed by atoms with Gasteiger partial charge in [-0.25, -0.2) is 9.78 Å². The molecule has 2 heterocycles. The van der Waals surface area contributed by atoms with Gasteiger partial charge in [-0.3, -0.25) is 0 Å². The van der Waals surface area contributed by atoms with Crippen LogP contribution in [0, 0.1) is 5.92 Å². The molecular formula is C20H18ClN3O2S. The molecule has 7 heteroatoms. The first-order valence-electron chi connectivity index (χ1n) is 8.95. The molecule has 138 valence electrons. The zero-order valence-electron chi connectivity index (χ0n) is 14.5. The van der Waals surface area contributed by atoms with Crippen LogP contribution in [0.15, 0.2) is 42.5 Å². The van der Waals surface area contributed by atoms with Crippen LogP contribution < -0.4 is 5.32 Å². The summed E-state index contributed by atoms with van der Waals surface area (Å²) < 4.78 is 1.01. The van der Waals surface area contributed by atoms with E-state index in [2.05, 4.69) is 10.3 Å². The maximum atomic E-state index is 12.5. The van der Waals surface area contributed by atoms with Gasteiger partial charge in [-0.1, -0.05) is 23.7 Å². The predicted molar refractivity (Wildman–Crippen MR) is 108 cm³/mol. The SMILES string of the molecule is O=C(Nc1ccc2nc(-c3cccc(Cl)c3)sc2c1)N1CC[C@@]2(O)C[C@H]2C1. The monoisotopic (exact) mass is 399 g/mol. The second-order valence-electron chi connectivity index (χ2n) is 7.34. The molecule has 27 heavy (non-hydrogen) atoms. The van der Waals surface area contributed by atoms with Gasteiger partial charge in [0.25, 0.3) is 0 Å². The van der Waals surface area contributed by atoms with Gasteiger partial charge in [0.2, 0.25) is 0 Å². The van der Waals surface area contributed by atoms with E-state index < -0.39 is 5.60 Å². The number of hydrogen-bond donors (Lipinski definition) is 2. The summed E-state index contributed by atoms with van der Waals surface area (Å²) in [7, 11) is 0. The average Bonchev–Trinajstić information content (AvgIpc) is 3.14. The Morgan fingerprint density at radius 3 is 3.04 bits per heavy atom. The molecule has 1 aromatic heterocycles. The van der Waals surface area contributed by atoms with Crippen molar-refractivity contribution in [3.05, 3.63) is 47.5 Å². The summed E-state index contributed by atoms with van der Waals surface area (Å²) in [4.78, 5) is 19.0. The molecule has 1 saturated heterocycles. The first-order valence-corrected chi connectivity index (χ1v) is 10.1. The van der Waals surface area contributed by atoms with E-state index in [9.17, 15) is 9.90 Å². The number of carbonyl (C=O) groups is 1. The molecular weight excluding hydrogens is 382 g/mol. The highest BCUT2D eigenvalue weighted by atomic mass is 35.5. The fourth-order valence-electron chi connectivity index (χ4n) is 3.73. The highest BCUT2D eigenvalue weighted by molar-refractivity contribution is 7.21. The number of amides is 2. The number of aliphatic hydroxyl groups is 1. The quantitative estimate of drug-likeness (QED) is 0.661. The summed E-state index contributed by atoms with van der Waals surface area (Å²) >= 11 is 7.66. The molecule has 0 bridgehead atoms. The number of halogens is 1. The van der Waals surface area contributed by atoms with Crippen molar-refractivity contribution in [3.8, 4) is 10.6 Å². The normalized spacial score (nSPS) is 23.9. The topological polar surface area (TPSA) is 65.5 Å². The first kappa shape index (κ1) is 17.0. The minimum Gasteiger partial charge on any atom is -0.389 e. The highest BCUT2D eigenvalue weighted by Gasteiger charge is 2.56. The summed E-state index contributed by atoms with van der Waals surface area (Å²) in [6.45, 7) is 1.23. The van der Waals surface area contributed by atoms with Gasteiger partial charge in [-0.2, -0.15) is 0 Å². The van der Waals surface area contributed by atoms with Gasteiger partial charge in [-0.05, 0) is 43.2 Å². The lowest BCUT2D eigenvalue weighted by molar-refractivity contribution is 0.0774. The maximum Gasteiger partial charge on any atom is 0.321 e. The number of carbonyl (C=O) groups excluding carboxylic acids is 1. The Hall–Kier alpha value is -2.15. The van der Waals surface area contributed by atoms with Gasteiger partial charge >= 0.3 is 6.03 Å². The predicted octanol–water partition coefficient (Wildman–Crippen LogP) is 4.61. The fourth-order valence-corrected chi connectivity index (χ4v) is 4.92. The van der Waals surface area contributed by atoms with E-state index in [0.29, 0.717) is 24.5 Å². The smallest absolute Gasteiger partial charge is 0.321 e. The molecule has 1 aliphatic heterocycles. The molecule has 2 amide bonds. The summed E-state index contributed by atoms with van der Waals surface area (Å²) in [5.74, 6) is 0.237. The van der Waals surface area contributed by atoms with Crippen molar-refractivity contribution in [2.75, 3.05) is 18.4 Å². The number of benzene rings is 2. The number of thiazole rings is 1. The Morgan fingerprint density at radius 2 is 2.22 bits per heavy atom. The standard InChI is InChI=1S/C20H18ClN3O2S/c21-14-3-1-2-12(8-14)18-23-16-5-4-15(9-17(16)27-18)22-19(25)24-7-6-20(26)10-13(20)11-24/h1-5,8-9,13,26H,6-7,10-11H2,(H,22,25)/t13-,20+/m0/s1. The molecule has 1 saturated carbocycles. The average molecular weight is 400 g/mol. The third-order valence-electron chi connectivity index (χ3n) is 5.45. The van der Waals surface area contributed by atoms with Gasteiger partial charge < -0.3 is 15.3 Å². The number of aromatic nitrogens is 1. The molecule has 2 atom stereocenters. The number of anilines is 1. The lowest BCUT2D eigenvalue weighted by Crippen LogP contribution is -2.43. The number of nitrogens with one attached hydrogen (secondary N) is 1. The van der Waals surface area contributed by atoms with E-state index in [1.165, 1.54) is 0 Å². The van der Waals surface area contributed by atoms with Gasteiger partial charge in [0, 0.05) is 35.3 Å². The van der Waals surface area contributed by atoms with Crippen LogP contribution >= 0.6 is 22.9 Å². The minimum atomic E-state index is -0.505. The molecule has 2 aromatic carbocycles. The number of fused-ring (bicyclic) bond motifs is 2. The van der Waals surface area contributed by atoms with Crippen molar-refractivity contribution >= 4 is 44.9 Å².